The molecule has 2 rings (SSSR count). The summed E-state index contributed by atoms with van der Waals surface area (Å²) in [5, 5.41) is 4.94. The van der Waals surface area contributed by atoms with Crippen LogP contribution < -0.4 is 10.1 Å². The third-order valence-corrected chi connectivity index (χ3v) is 4.04. The Balaban J connectivity index is 2.42. The summed E-state index contributed by atoms with van der Waals surface area (Å²) in [4.78, 5) is 0.783. The van der Waals surface area contributed by atoms with E-state index in [-0.39, 0.29) is 5.56 Å². The van der Waals surface area contributed by atoms with Crippen LogP contribution in [0.4, 0.5) is 13.2 Å². The lowest BCUT2D eigenvalue weighted by molar-refractivity contribution is 0.416. The molecule has 114 valence electrons. The second kappa shape index (κ2) is 6.95. The number of methoxy groups -OCH3 is 1. The van der Waals surface area contributed by atoms with E-state index in [0.29, 0.717) is 18.4 Å². The van der Waals surface area contributed by atoms with Crippen LogP contribution in [-0.2, 0) is 0 Å². The molecule has 0 fully saturated rings. The molecule has 0 aliphatic carbocycles. The van der Waals surface area contributed by atoms with Crippen molar-refractivity contribution in [3.05, 3.63) is 51.5 Å². The summed E-state index contributed by atoms with van der Waals surface area (Å²) in [6.45, 7) is 2.60. The van der Waals surface area contributed by atoms with Gasteiger partial charge in [0, 0.05) is 21.9 Å². The van der Waals surface area contributed by atoms with E-state index in [0.717, 1.165) is 17.4 Å². The summed E-state index contributed by atoms with van der Waals surface area (Å²) in [6.07, 6.45) is 0.838. The fourth-order valence-corrected chi connectivity index (χ4v) is 2.95. The summed E-state index contributed by atoms with van der Waals surface area (Å²) < 4.78 is 45.6. The third-order valence-electron chi connectivity index (χ3n) is 3.06. The van der Waals surface area contributed by atoms with Crippen LogP contribution in [0.1, 0.15) is 29.8 Å². The van der Waals surface area contributed by atoms with Crippen LogP contribution in [0, 0.1) is 17.5 Å². The molecule has 0 aliphatic heterocycles. The van der Waals surface area contributed by atoms with Crippen molar-refractivity contribution in [2.24, 2.45) is 0 Å². The smallest absolute Gasteiger partial charge is 0.161 e. The first-order chi connectivity index (χ1) is 10.1. The fraction of sp³-hybridized carbons (Fsp3) is 0.333. The monoisotopic (exact) mass is 315 g/mol. The molecule has 1 atom stereocenters. The average molecular weight is 315 g/mol. The third kappa shape index (κ3) is 3.57. The molecule has 21 heavy (non-hydrogen) atoms. The Labute approximate surface area is 125 Å². The maximum atomic E-state index is 14.0. The molecule has 0 amide bonds. The molecule has 1 unspecified atom stereocenters. The highest BCUT2D eigenvalue weighted by Gasteiger charge is 2.21. The number of thiophene rings is 1. The highest BCUT2D eigenvalue weighted by Crippen LogP contribution is 2.33. The summed E-state index contributed by atoms with van der Waals surface area (Å²) in [5.74, 6) is -2.36. The minimum Gasteiger partial charge on any atom is -0.496 e. The quantitative estimate of drug-likeness (QED) is 0.804. The summed E-state index contributed by atoms with van der Waals surface area (Å²) >= 11 is 1.38. The molecule has 2 aromatic rings. The highest BCUT2D eigenvalue weighted by molar-refractivity contribution is 7.10. The molecule has 0 saturated heterocycles. The average Bonchev–Trinajstić information content (AvgIpc) is 2.93. The minimum absolute atomic E-state index is 0.0897. The van der Waals surface area contributed by atoms with E-state index in [1.54, 1.807) is 18.6 Å². The molecular formula is C15H16F3NOS. The van der Waals surface area contributed by atoms with Crippen molar-refractivity contribution in [3.8, 4) is 5.75 Å². The first kappa shape index (κ1) is 15.9. The normalized spacial score (nSPS) is 12.4. The SMILES string of the molecule is CCCNC(c1cc(OC)cs1)c1cc(F)c(F)cc1F. The molecule has 0 saturated carbocycles. The molecule has 2 nitrogen and oxygen atoms in total. The lowest BCUT2D eigenvalue weighted by Crippen LogP contribution is -2.23. The number of hydrogen-bond acceptors (Lipinski definition) is 3. The topological polar surface area (TPSA) is 21.3 Å². The molecule has 1 aromatic carbocycles. The van der Waals surface area contributed by atoms with E-state index in [4.69, 9.17) is 4.74 Å². The maximum Gasteiger partial charge on any atom is 0.161 e. The van der Waals surface area contributed by atoms with Crippen LogP contribution in [0.5, 0.6) is 5.75 Å². The van der Waals surface area contributed by atoms with Gasteiger partial charge in [-0.1, -0.05) is 6.92 Å². The van der Waals surface area contributed by atoms with Crippen molar-refractivity contribution in [3.63, 3.8) is 0 Å². The fourth-order valence-electron chi connectivity index (χ4n) is 2.00. The van der Waals surface area contributed by atoms with Crippen molar-refractivity contribution in [2.75, 3.05) is 13.7 Å². The largest absolute Gasteiger partial charge is 0.496 e. The van der Waals surface area contributed by atoms with Gasteiger partial charge in [0.05, 0.1) is 13.2 Å². The summed E-state index contributed by atoms with van der Waals surface area (Å²) in [6, 6.07) is 2.72. The molecule has 0 radical (unpaired) electrons. The van der Waals surface area contributed by atoms with Crippen LogP contribution >= 0.6 is 11.3 Å². The molecular weight excluding hydrogens is 299 g/mol. The van der Waals surface area contributed by atoms with Crippen LogP contribution in [0.15, 0.2) is 23.6 Å². The van der Waals surface area contributed by atoms with E-state index >= 15 is 0 Å². The first-order valence-corrected chi connectivity index (χ1v) is 7.45. The molecule has 0 spiro atoms. The Hall–Kier alpha value is -1.53. The predicted molar refractivity (Wildman–Crippen MR) is 77.3 cm³/mol. The number of rotatable bonds is 6. The van der Waals surface area contributed by atoms with Crippen LogP contribution in [0.3, 0.4) is 0 Å². The standard InChI is InChI=1S/C15H16F3NOS/c1-3-4-19-15(14-5-9(20-2)8-21-14)10-6-12(17)13(18)7-11(10)16/h5-8,15,19H,3-4H2,1-2H3. The second-order valence-corrected chi connectivity index (χ2v) is 5.51. The molecule has 1 aromatic heterocycles. The Kier molecular flexibility index (Phi) is 5.25. The Bertz CT molecular complexity index is 615. The lowest BCUT2D eigenvalue weighted by atomic mass is 10.0. The van der Waals surface area contributed by atoms with Gasteiger partial charge in [-0.2, -0.15) is 0 Å². The maximum absolute atomic E-state index is 14.0. The van der Waals surface area contributed by atoms with Crippen molar-refractivity contribution in [1.29, 1.82) is 0 Å². The summed E-state index contributed by atoms with van der Waals surface area (Å²) in [7, 11) is 1.54. The van der Waals surface area contributed by atoms with Crippen LogP contribution in [0.25, 0.3) is 0 Å². The van der Waals surface area contributed by atoms with Gasteiger partial charge in [-0.3, -0.25) is 0 Å². The van der Waals surface area contributed by atoms with E-state index in [1.165, 1.54) is 11.3 Å². The minimum atomic E-state index is -1.19. The Morgan fingerprint density at radius 3 is 2.48 bits per heavy atom. The van der Waals surface area contributed by atoms with Gasteiger partial charge in [0.1, 0.15) is 11.6 Å². The van der Waals surface area contributed by atoms with Crippen molar-refractivity contribution >= 4 is 11.3 Å². The zero-order chi connectivity index (χ0) is 15.4. The van der Waals surface area contributed by atoms with Gasteiger partial charge in [0.25, 0.3) is 0 Å². The first-order valence-electron chi connectivity index (χ1n) is 6.57. The predicted octanol–water partition coefficient (Wildman–Crippen LogP) is 4.26. The van der Waals surface area contributed by atoms with Crippen molar-refractivity contribution in [1.82, 2.24) is 5.32 Å². The molecule has 0 aliphatic rings. The Morgan fingerprint density at radius 2 is 1.86 bits per heavy atom. The summed E-state index contributed by atoms with van der Waals surface area (Å²) in [5.41, 5.74) is 0.0897. The van der Waals surface area contributed by atoms with E-state index < -0.39 is 23.5 Å². The van der Waals surface area contributed by atoms with Gasteiger partial charge < -0.3 is 10.1 Å². The molecule has 0 bridgehead atoms. The van der Waals surface area contributed by atoms with E-state index in [1.807, 2.05) is 6.92 Å². The molecule has 1 N–H and O–H groups in total. The van der Waals surface area contributed by atoms with Crippen molar-refractivity contribution < 1.29 is 17.9 Å². The zero-order valence-electron chi connectivity index (χ0n) is 11.8. The van der Waals surface area contributed by atoms with Gasteiger partial charge in [-0.25, -0.2) is 13.2 Å². The van der Waals surface area contributed by atoms with E-state index in [2.05, 4.69) is 5.32 Å². The highest BCUT2D eigenvalue weighted by atomic mass is 32.1. The van der Waals surface area contributed by atoms with Gasteiger partial charge >= 0.3 is 0 Å². The molecule has 6 heteroatoms. The Morgan fingerprint density at radius 1 is 1.14 bits per heavy atom. The number of ether oxygens (including phenoxy) is 1. The lowest BCUT2D eigenvalue weighted by Gasteiger charge is -2.18. The number of hydrogen-bond donors (Lipinski definition) is 1. The van der Waals surface area contributed by atoms with Crippen LogP contribution in [0.2, 0.25) is 0 Å². The van der Waals surface area contributed by atoms with Gasteiger partial charge in [-0.15, -0.1) is 11.3 Å². The molecule has 1 heterocycles. The number of benzene rings is 1. The van der Waals surface area contributed by atoms with Crippen LogP contribution in [-0.4, -0.2) is 13.7 Å². The number of nitrogens with one attached hydrogen (secondary N) is 1. The van der Waals surface area contributed by atoms with E-state index in [9.17, 15) is 13.2 Å². The van der Waals surface area contributed by atoms with Gasteiger partial charge in [-0.05, 0) is 25.1 Å². The van der Waals surface area contributed by atoms with Gasteiger partial charge in [0.15, 0.2) is 11.6 Å². The van der Waals surface area contributed by atoms with Crippen molar-refractivity contribution in [2.45, 2.75) is 19.4 Å². The second-order valence-electron chi connectivity index (χ2n) is 4.56. The van der Waals surface area contributed by atoms with Gasteiger partial charge in [0.2, 0.25) is 0 Å². The zero-order valence-corrected chi connectivity index (χ0v) is 12.6. The number of halogens is 3.